The van der Waals surface area contributed by atoms with Crippen LogP contribution in [-0.4, -0.2) is 48.4 Å². The van der Waals surface area contributed by atoms with Crippen LogP contribution in [0.1, 0.15) is 24.6 Å². The Morgan fingerprint density at radius 1 is 1.55 bits per heavy atom. The lowest BCUT2D eigenvalue weighted by Gasteiger charge is -2.39. The van der Waals surface area contributed by atoms with E-state index in [9.17, 15) is 4.79 Å². The van der Waals surface area contributed by atoms with E-state index >= 15 is 0 Å². The molecule has 0 bridgehead atoms. The third kappa shape index (κ3) is 5.10. The van der Waals surface area contributed by atoms with E-state index in [0.29, 0.717) is 31.6 Å². The van der Waals surface area contributed by atoms with Gasteiger partial charge in [0.15, 0.2) is 0 Å². The van der Waals surface area contributed by atoms with Gasteiger partial charge in [-0.3, -0.25) is 9.69 Å². The first-order valence-corrected chi connectivity index (χ1v) is 8.63. The summed E-state index contributed by atoms with van der Waals surface area (Å²) < 4.78 is 0.763. The zero-order valence-corrected chi connectivity index (χ0v) is 15.5. The maximum absolute atomic E-state index is 12.4. The molecule has 2 unspecified atom stereocenters. The Labute approximate surface area is 148 Å². The second kappa shape index (κ2) is 9.08. The van der Waals surface area contributed by atoms with Gasteiger partial charge in [0.2, 0.25) is 5.91 Å². The first-order chi connectivity index (χ1) is 10.0. The van der Waals surface area contributed by atoms with Crippen LogP contribution in [0.3, 0.4) is 0 Å². The molecule has 2 rings (SSSR count). The Morgan fingerprint density at radius 2 is 2.27 bits per heavy atom. The molecule has 1 fully saturated rings. The number of likely N-dealkylation sites (N-methyl/N-ethyl adjacent to an activating group) is 1. The molecule has 1 aromatic rings. The van der Waals surface area contributed by atoms with Crippen LogP contribution in [0.4, 0.5) is 0 Å². The summed E-state index contributed by atoms with van der Waals surface area (Å²) in [6.45, 7) is 4.90. The molecule has 1 aromatic heterocycles. The van der Waals surface area contributed by atoms with Gasteiger partial charge in [-0.2, -0.15) is 0 Å². The van der Waals surface area contributed by atoms with Crippen LogP contribution in [0.5, 0.6) is 0 Å². The van der Waals surface area contributed by atoms with Crippen molar-refractivity contribution < 1.29 is 4.79 Å². The number of likely N-dealkylation sites (tertiary alicyclic amines) is 1. The summed E-state index contributed by atoms with van der Waals surface area (Å²) in [7, 11) is 1.85. The maximum Gasteiger partial charge on any atom is 0.236 e. The Kier molecular flexibility index (Phi) is 8.14. The smallest absolute Gasteiger partial charge is 0.236 e. The molecule has 2 N–H and O–H groups in total. The van der Waals surface area contributed by atoms with Crippen LogP contribution >= 0.6 is 35.3 Å². The number of halogens is 2. The highest BCUT2D eigenvalue weighted by Crippen LogP contribution is 2.24. The molecule has 0 radical (unpaired) electrons. The number of nitrogens with zero attached hydrogens (tertiary/aromatic N) is 2. The van der Waals surface area contributed by atoms with Crippen molar-refractivity contribution in [1.29, 1.82) is 0 Å². The summed E-state index contributed by atoms with van der Waals surface area (Å²) in [6.07, 6.45) is 2.35. The van der Waals surface area contributed by atoms with Gasteiger partial charge < -0.3 is 10.6 Å². The fourth-order valence-corrected chi connectivity index (χ4v) is 4.11. The van der Waals surface area contributed by atoms with Gasteiger partial charge in [0.05, 0.1) is 17.4 Å². The average molecular weight is 366 g/mol. The van der Waals surface area contributed by atoms with Gasteiger partial charge >= 0.3 is 0 Å². The monoisotopic (exact) mass is 365 g/mol. The molecule has 1 aliphatic rings. The molecule has 0 spiro atoms. The molecule has 0 saturated carbocycles. The summed E-state index contributed by atoms with van der Waals surface area (Å²) in [5.41, 5.74) is 5.88. The van der Waals surface area contributed by atoms with Gasteiger partial charge in [-0.1, -0.05) is 18.5 Å². The molecule has 1 saturated heterocycles. The Balaban J connectivity index is 0.00000242. The first-order valence-electron chi connectivity index (χ1n) is 7.43. The van der Waals surface area contributed by atoms with Crippen LogP contribution in [-0.2, 0) is 11.3 Å². The predicted octanol–water partition coefficient (Wildman–Crippen LogP) is 2.84. The number of nitrogens with two attached hydrogens (primary N) is 1. The molecule has 2 heterocycles. The molecule has 2 atom stereocenters. The number of hydrogen-bond donors (Lipinski definition) is 1. The Hall–Kier alpha value is -0.330. The fourth-order valence-electron chi connectivity index (χ4n) is 2.97. The van der Waals surface area contributed by atoms with Gasteiger partial charge in [0.25, 0.3) is 0 Å². The SMILES string of the molecule is CC1CCCN(CC(=O)N(C)Cc2ccc(Cl)s2)C1CN.Cl. The Bertz CT molecular complexity index is 483. The third-order valence-electron chi connectivity index (χ3n) is 4.26. The molecule has 4 nitrogen and oxygen atoms in total. The van der Waals surface area contributed by atoms with Crippen molar-refractivity contribution in [3.8, 4) is 0 Å². The van der Waals surface area contributed by atoms with Crippen molar-refractivity contribution in [2.75, 3.05) is 26.7 Å². The lowest BCUT2D eigenvalue weighted by molar-refractivity contribution is -0.132. The lowest BCUT2D eigenvalue weighted by Crippen LogP contribution is -2.52. The number of thiophene rings is 1. The minimum Gasteiger partial charge on any atom is -0.340 e. The largest absolute Gasteiger partial charge is 0.340 e. The van der Waals surface area contributed by atoms with Crippen LogP contribution < -0.4 is 5.73 Å². The fraction of sp³-hybridized carbons (Fsp3) is 0.667. The van der Waals surface area contributed by atoms with E-state index in [-0.39, 0.29) is 18.3 Å². The molecule has 22 heavy (non-hydrogen) atoms. The second-order valence-electron chi connectivity index (χ2n) is 5.85. The van der Waals surface area contributed by atoms with Crippen molar-refractivity contribution in [2.24, 2.45) is 11.7 Å². The van der Waals surface area contributed by atoms with Crippen molar-refractivity contribution in [3.05, 3.63) is 21.3 Å². The minimum absolute atomic E-state index is 0. The highest BCUT2D eigenvalue weighted by Gasteiger charge is 2.29. The van der Waals surface area contributed by atoms with Crippen molar-refractivity contribution in [2.45, 2.75) is 32.4 Å². The van der Waals surface area contributed by atoms with Gasteiger partial charge in [-0.05, 0) is 37.4 Å². The standard InChI is InChI=1S/C15H24ClN3OS.ClH/c1-11-4-3-7-19(13(11)8-17)10-15(20)18(2)9-12-5-6-14(16)21-12;/h5-6,11,13H,3-4,7-10,17H2,1-2H3;1H. The first kappa shape index (κ1) is 19.7. The van der Waals surface area contributed by atoms with E-state index in [1.54, 1.807) is 4.90 Å². The molecule has 1 aliphatic heterocycles. The van der Waals surface area contributed by atoms with E-state index < -0.39 is 0 Å². The van der Waals surface area contributed by atoms with Crippen molar-refractivity contribution >= 4 is 41.3 Å². The predicted molar refractivity (Wildman–Crippen MR) is 95.9 cm³/mol. The Morgan fingerprint density at radius 3 is 2.86 bits per heavy atom. The summed E-state index contributed by atoms with van der Waals surface area (Å²) in [4.78, 5) is 17.5. The second-order valence-corrected chi connectivity index (χ2v) is 7.65. The average Bonchev–Trinajstić information content (AvgIpc) is 2.84. The van der Waals surface area contributed by atoms with E-state index in [4.69, 9.17) is 17.3 Å². The van der Waals surface area contributed by atoms with Crippen LogP contribution in [0.15, 0.2) is 12.1 Å². The van der Waals surface area contributed by atoms with Crippen LogP contribution in [0, 0.1) is 5.92 Å². The number of hydrogen-bond acceptors (Lipinski definition) is 4. The summed E-state index contributed by atoms with van der Waals surface area (Å²) in [5, 5.41) is 0. The molecular formula is C15H25Cl2N3OS. The van der Waals surface area contributed by atoms with Gasteiger partial charge in [-0.25, -0.2) is 0 Å². The van der Waals surface area contributed by atoms with Crippen molar-refractivity contribution in [1.82, 2.24) is 9.80 Å². The molecule has 7 heteroatoms. The highest BCUT2D eigenvalue weighted by molar-refractivity contribution is 7.16. The molecule has 1 amide bonds. The molecular weight excluding hydrogens is 341 g/mol. The number of carbonyl (C=O) groups excluding carboxylic acids is 1. The van der Waals surface area contributed by atoms with Gasteiger partial charge in [0, 0.05) is 24.5 Å². The number of amides is 1. The van der Waals surface area contributed by atoms with Gasteiger partial charge in [-0.15, -0.1) is 23.7 Å². The zero-order valence-electron chi connectivity index (χ0n) is 13.1. The van der Waals surface area contributed by atoms with E-state index in [0.717, 1.165) is 22.2 Å². The normalized spacial score (nSPS) is 22.2. The van der Waals surface area contributed by atoms with Crippen LogP contribution in [0.25, 0.3) is 0 Å². The highest BCUT2D eigenvalue weighted by atomic mass is 35.5. The minimum atomic E-state index is 0. The molecule has 0 aromatic carbocycles. The maximum atomic E-state index is 12.4. The number of carbonyl (C=O) groups is 1. The topological polar surface area (TPSA) is 49.6 Å². The summed E-state index contributed by atoms with van der Waals surface area (Å²) in [5.74, 6) is 0.713. The van der Waals surface area contributed by atoms with Crippen LogP contribution in [0.2, 0.25) is 4.34 Å². The van der Waals surface area contributed by atoms with E-state index in [1.807, 2.05) is 19.2 Å². The molecule has 126 valence electrons. The number of piperidine rings is 1. The van der Waals surface area contributed by atoms with Crippen molar-refractivity contribution in [3.63, 3.8) is 0 Å². The third-order valence-corrected chi connectivity index (χ3v) is 5.47. The zero-order chi connectivity index (χ0) is 15.4. The lowest BCUT2D eigenvalue weighted by atomic mass is 9.91. The van der Waals surface area contributed by atoms with Gasteiger partial charge in [0.1, 0.15) is 0 Å². The number of rotatable bonds is 5. The quantitative estimate of drug-likeness (QED) is 0.872. The van der Waals surface area contributed by atoms with E-state index in [1.165, 1.54) is 17.8 Å². The van der Waals surface area contributed by atoms with E-state index in [2.05, 4.69) is 11.8 Å². The summed E-state index contributed by atoms with van der Waals surface area (Å²) >= 11 is 7.45. The summed E-state index contributed by atoms with van der Waals surface area (Å²) in [6, 6.07) is 4.17. The molecule has 0 aliphatic carbocycles.